The van der Waals surface area contributed by atoms with Gasteiger partial charge in [0.05, 0.1) is 11.3 Å². The molecule has 1 heterocycles. The van der Waals surface area contributed by atoms with Gasteiger partial charge in [-0.1, -0.05) is 23.2 Å². The molecule has 0 unspecified atom stereocenters. The molecular weight excluding hydrogens is 292 g/mol. The quantitative estimate of drug-likeness (QED) is 0.853. The molecule has 0 radical (unpaired) electrons. The summed E-state index contributed by atoms with van der Waals surface area (Å²) in [7, 11) is 0. The van der Waals surface area contributed by atoms with Crippen LogP contribution in [0.3, 0.4) is 0 Å². The number of nitrogens with one attached hydrogen (secondary N) is 1. The van der Waals surface area contributed by atoms with E-state index in [1.54, 1.807) is 32.0 Å². The average molecular weight is 305 g/mol. The number of hydrogen-bond acceptors (Lipinski definition) is 3. The van der Waals surface area contributed by atoms with E-state index in [-0.39, 0.29) is 16.4 Å². The minimum atomic E-state index is -1.10. The first-order chi connectivity index (χ1) is 9.86. The number of carbonyl (C=O) groups is 2. The van der Waals surface area contributed by atoms with Crippen LogP contribution >= 0.6 is 11.6 Å². The summed E-state index contributed by atoms with van der Waals surface area (Å²) in [5, 5.41) is 12.0. The molecule has 2 N–H and O–H groups in total. The van der Waals surface area contributed by atoms with Crippen molar-refractivity contribution in [1.29, 1.82) is 0 Å². The van der Waals surface area contributed by atoms with Crippen molar-refractivity contribution in [2.45, 2.75) is 13.8 Å². The second-order valence-corrected chi connectivity index (χ2v) is 5.02. The van der Waals surface area contributed by atoms with Gasteiger partial charge < -0.3 is 10.4 Å². The number of carboxylic acid groups (broad SMARTS) is 1. The number of pyridine rings is 1. The van der Waals surface area contributed by atoms with E-state index in [9.17, 15) is 14.7 Å². The van der Waals surface area contributed by atoms with Gasteiger partial charge in [-0.15, -0.1) is 0 Å². The lowest BCUT2D eigenvalue weighted by molar-refractivity contribution is 0.0698. The first kappa shape index (κ1) is 15.0. The molecule has 0 atom stereocenters. The molecule has 0 aliphatic heterocycles. The number of carboxylic acids is 1. The van der Waals surface area contributed by atoms with Crippen molar-refractivity contribution in [2.24, 2.45) is 0 Å². The molecule has 6 heteroatoms. The Morgan fingerprint density at radius 1 is 1.19 bits per heavy atom. The minimum Gasteiger partial charge on any atom is -0.478 e. The van der Waals surface area contributed by atoms with Crippen molar-refractivity contribution in [2.75, 3.05) is 5.32 Å². The number of anilines is 1. The highest BCUT2D eigenvalue weighted by molar-refractivity contribution is 6.29. The molecule has 1 amide bonds. The number of aromatic nitrogens is 1. The molecule has 0 bridgehead atoms. The highest BCUT2D eigenvalue weighted by Gasteiger charge is 2.14. The minimum absolute atomic E-state index is 0.0419. The molecule has 2 rings (SSSR count). The van der Waals surface area contributed by atoms with E-state index in [4.69, 9.17) is 11.6 Å². The Kier molecular flexibility index (Phi) is 4.23. The Hall–Kier alpha value is -2.40. The SMILES string of the molecule is Cc1ccc(NC(=O)c2cc(C)nc(Cl)c2)c(C(=O)O)c1. The molecule has 0 saturated heterocycles. The summed E-state index contributed by atoms with van der Waals surface area (Å²) in [6, 6.07) is 7.80. The number of hydrogen-bond donors (Lipinski definition) is 2. The number of carbonyl (C=O) groups excluding carboxylic acids is 1. The molecule has 5 nitrogen and oxygen atoms in total. The summed E-state index contributed by atoms with van der Waals surface area (Å²) in [5.74, 6) is -1.54. The van der Waals surface area contributed by atoms with Crippen molar-refractivity contribution in [1.82, 2.24) is 4.98 Å². The second kappa shape index (κ2) is 5.93. The van der Waals surface area contributed by atoms with Gasteiger partial charge >= 0.3 is 5.97 Å². The van der Waals surface area contributed by atoms with Crippen LogP contribution in [-0.4, -0.2) is 22.0 Å². The Balaban J connectivity index is 2.33. The topological polar surface area (TPSA) is 79.3 Å². The summed E-state index contributed by atoms with van der Waals surface area (Å²) >= 11 is 5.81. The maximum atomic E-state index is 12.2. The van der Waals surface area contributed by atoms with E-state index in [0.29, 0.717) is 11.3 Å². The molecule has 0 fully saturated rings. The summed E-state index contributed by atoms with van der Waals surface area (Å²) in [4.78, 5) is 27.4. The van der Waals surface area contributed by atoms with Crippen LogP contribution in [0.25, 0.3) is 0 Å². The third-order valence-electron chi connectivity index (χ3n) is 2.84. The molecule has 1 aromatic carbocycles. The number of aromatic carboxylic acids is 1. The summed E-state index contributed by atoms with van der Waals surface area (Å²) in [5.41, 5.74) is 2.01. The molecule has 1 aromatic heterocycles. The fourth-order valence-electron chi connectivity index (χ4n) is 1.90. The zero-order chi connectivity index (χ0) is 15.6. The Morgan fingerprint density at radius 2 is 1.90 bits per heavy atom. The van der Waals surface area contributed by atoms with Crippen LogP contribution in [0.2, 0.25) is 5.15 Å². The summed E-state index contributed by atoms with van der Waals surface area (Å²) in [6.07, 6.45) is 0. The third-order valence-corrected chi connectivity index (χ3v) is 3.03. The molecule has 0 aliphatic rings. The van der Waals surface area contributed by atoms with Crippen LogP contribution in [0.1, 0.15) is 32.0 Å². The highest BCUT2D eigenvalue weighted by atomic mass is 35.5. The lowest BCUT2D eigenvalue weighted by Gasteiger charge is -2.10. The van der Waals surface area contributed by atoms with Crippen molar-refractivity contribution in [3.8, 4) is 0 Å². The van der Waals surface area contributed by atoms with Gasteiger partial charge in [-0.05, 0) is 38.1 Å². The van der Waals surface area contributed by atoms with Crippen LogP contribution in [0.5, 0.6) is 0 Å². The lowest BCUT2D eigenvalue weighted by Crippen LogP contribution is -2.15. The van der Waals surface area contributed by atoms with Gasteiger partial charge in [0.25, 0.3) is 5.91 Å². The first-order valence-corrected chi connectivity index (χ1v) is 6.54. The van der Waals surface area contributed by atoms with Gasteiger partial charge in [0.2, 0.25) is 0 Å². The fourth-order valence-corrected chi connectivity index (χ4v) is 2.15. The average Bonchev–Trinajstić information content (AvgIpc) is 2.39. The maximum absolute atomic E-state index is 12.2. The third kappa shape index (κ3) is 3.58. The Bertz CT molecular complexity index is 709. The number of halogens is 1. The van der Waals surface area contributed by atoms with Gasteiger partial charge in [0, 0.05) is 11.3 Å². The number of aryl methyl sites for hydroxylation is 2. The van der Waals surface area contributed by atoms with Gasteiger partial charge in [0.1, 0.15) is 5.15 Å². The molecule has 0 saturated carbocycles. The second-order valence-electron chi connectivity index (χ2n) is 4.63. The van der Waals surface area contributed by atoms with Gasteiger partial charge in [-0.3, -0.25) is 4.79 Å². The number of amides is 1. The van der Waals surface area contributed by atoms with Crippen LogP contribution in [-0.2, 0) is 0 Å². The van der Waals surface area contributed by atoms with Crippen LogP contribution < -0.4 is 5.32 Å². The van der Waals surface area contributed by atoms with Gasteiger partial charge in [-0.25, -0.2) is 9.78 Å². The standard InChI is InChI=1S/C15H13ClN2O3/c1-8-3-4-12(11(5-8)15(20)21)18-14(19)10-6-9(2)17-13(16)7-10/h3-7H,1-2H3,(H,18,19)(H,20,21). The van der Waals surface area contributed by atoms with Crippen LogP contribution in [0.15, 0.2) is 30.3 Å². The normalized spacial score (nSPS) is 10.2. The monoisotopic (exact) mass is 304 g/mol. The molecule has 0 aliphatic carbocycles. The summed E-state index contributed by atoms with van der Waals surface area (Å²) in [6.45, 7) is 3.50. The Labute approximate surface area is 126 Å². The number of rotatable bonds is 3. The zero-order valence-corrected chi connectivity index (χ0v) is 12.2. The van der Waals surface area contributed by atoms with Crippen LogP contribution in [0, 0.1) is 13.8 Å². The number of nitrogens with zero attached hydrogens (tertiary/aromatic N) is 1. The van der Waals surface area contributed by atoms with Crippen molar-refractivity contribution < 1.29 is 14.7 Å². The molecule has 2 aromatic rings. The maximum Gasteiger partial charge on any atom is 0.337 e. The van der Waals surface area contributed by atoms with Crippen molar-refractivity contribution >= 4 is 29.2 Å². The molecule has 108 valence electrons. The Morgan fingerprint density at radius 3 is 2.52 bits per heavy atom. The van der Waals surface area contributed by atoms with E-state index < -0.39 is 11.9 Å². The van der Waals surface area contributed by atoms with Gasteiger partial charge in [0.15, 0.2) is 0 Å². The first-order valence-electron chi connectivity index (χ1n) is 6.16. The smallest absolute Gasteiger partial charge is 0.337 e. The lowest BCUT2D eigenvalue weighted by atomic mass is 10.1. The number of benzene rings is 1. The highest BCUT2D eigenvalue weighted by Crippen LogP contribution is 2.19. The van der Waals surface area contributed by atoms with Gasteiger partial charge in [-0.2, -0.15) is 0 Å². The molecule has 21 heavy (non-hydrogen) atoms. The van der Waals surface area contributed by atoms with Crippen molar-refractivity contribution in [3.05, 3.63) is 57.9 Å². The molecular formula is C15H13ClN2O3. The van der Waals surface area contributed by atoms with E-state index in [1.807, 2.05) is 0 Å². The van der Waals surface area contributed by atoms with Crippen LogP contribution in [0.4, 0.5) is 5.69 Å². The van der Waals surface area contributed by atoms with E-state index in [0.717, 1.165) is 5.56 Å². The zero-order valence-electron chi connectivity index (χ0n) is 11.5. The molecule has 0 spiro atoms. The summed E-state index contributed by atoms with van der Waals surface area (Å²) < 4.78 is 0. The van der Waals surface area contributed by atoms with Crippen molar-refractivity contribution in [3.63, 3.8) is 0 Å². The fraction of sp³-hybridized carbons (Fsp3) is 0.133. The predicted molar refractivity (Wildman–Crippen MR) is 80.1 cm³/mol. The van der Waals surface area contributed by atoms with E-state index in [1.165, 1.54) is 12.1 Å². The van der Waals surface area contributed by atoms with E-state index in [2.05, 4.69) is 10.3 Å². The predicted octanol–water partition coefficient (Wildman–Crippen LogP) is 3.30. The van der Waals surface area contributed by atoms with E-state index >= 15 is 0 Å². The largest absolute Gasteiger partial charge is 0.478 e.